The molecule has 3 rings (SSSR count). The molecular formula is C20H28N4O2S. The Morgan fingerprint density at radius 1 is 1.33 bits per heavy atom. The fourth-order valence-corrected chi connectivity index (χ4v) is 4.00. The van der Waals surface area contributed by atoms with Gasteiger partial charge in [-0.3, -0.25) is 0 Å². The highest BCUT2D eigenvalue weighted by molar-refractivity contribution is 7.09. The van der Waals surface area contributed by atoms with Crippen molar-refractivity contribution in [3.63, 3.8) is 0 Å². The van der Waals surface area contributed by atoms with Gasteiger partial charge in [-0.05, 0) is 43.8 Å². The first-order valence-corrected chi connectivity index (χ1v) is 10.3. The van der Waals surface area contributed by atoms with Crippen LogP contribution in [0, 0.1) is 0 Å². The molecule has 1 fully saturated rings. The van der Waals surface area contributed by atoms with Crippen molar-refractivity contribution in [2.24, 2.45) is 0 Å². The Labute approximate surface area is 165 Å². The molecule has 2 amide bonds. The summed E-state index contributed by atoms with van der Waals surface area (Å²) >= 11 is 1.67. The van der Waals surface area contributed by atoms with Crippen molar-refractivity contribution in [2.45, 2.75) is 46.1 Å². The number of hydrogen-bond acceptors (Lipinski definition) is 5. The Kier molecular flexibility index (Phi) is 6.68. The highest BCUT2D eigenvalue weighted by Crippen LogP contribution is 2.18. The second-order valence-corrected chi connectivity index (χ2v) is 7.97. The number of amides is 2. The number of aromatic nitrogens is 1. The normalized spacial score (nSPS) is 19.7. The number of nitrogens with zero attached hydrogens (tertiary/aromatic N) is 3. The molecule has 0 aromatic carbocycles. The predicted octanol–water partition coefficient (Wildman–Crippen LogP) is 3.49. The summed E-state index contributed by atoms with van der Waals surface area (Å²) in [4.78, 5) is 22.3. The van der Waals surface area contributed by atoms with E-state index in [9.17, 15) is 4.79 Å². The smallest absolute Gasteiger partial charge is 0.317 e. The van der Waals surface area contributed by atoms with Crippen molar-refractivity contribution in [1.82, 2.24) is 15.2 Å². The maximum atomic E-state index is 12.4. The lowest BCUT2D eigenvalue weighted by Gasteiger charge is -2.36. The van der Waals surface area contributed by atoms with Crippen molar-refractivity contribution in [1.29, 1.82) is 0 Å². The Balaban J connectivity index is 1.52. The first-order valence-electron chi connectivity index (χ1n) is 9.45. The maximum absolute atomic E-state index is 12.4. The SMILES string of the molecule is CCN(Cc1cccs1)C(=O)NCc1ccc(N2CC(C)OC(C)C2)nc1. The van der Waals surface area contributed by atoms with Gasteiger partial charge >= 0.3 is 6.03 Å². The van der Waals surface area contributed by atoms with Crippen molar-refractivity contribution >= 4 is 23.2 Å². The van der Waals surface area contributed by atoms with Crippen molar-refractivity contribution in [2.75, 3.05) is 24.5 Å². The first kappa shape index (κ1) is 19.6. The van der Waals surface area contributed by atoms with Gasteiger partial charge in [0.05, 0.1) is 18.8 Å². The van der Waals surface area contributed by atoms with Crippen LogP contribution in [0.2, 0.25) is 0 Å². The predicted molar refractivity (Wildman–Crippen MR) is 109 cm³/mol. The molecule has 1 aliphatic heterocycles. The van der Waals surface area contributed by atoms with Gasteiger partial charge in [-0.15, -0.1) is 11.3 Å². The number of pyridine rings is 1. The molecular weight excluding hydrogens is 360 g/mol. The van der Waals surface area contributed by atoms with Gasteiger partial charge in [0.2, 0.25) is 0 Å². The molecule has 2 aromatic rings. The van der Waals surface area contributed by atoms with E-state index in [-0.39, 0.29) is 18.2 Å². The van der Waals surface area contributed by atoms with E-state index < -0.39 is 0 Å². The largest absolute Gasteiger partial charge is 0.372 e. The quantitative estimate of drug-likeness (QED) is 0.823. The second kappa shape index (κ2) is 9.19. The van der Waals surface area contributed by atoms with Crippen molar-refractivity contribution in [3.8, 4) is 0 Å². The van der Waals surface area contributed by atoms with Crippen LogP contribution < -0.4 is 10.2 Å². The van der Waals surface area contributed by atoms with Crippen molar-refractivity contribution in [3.05, 3.63) is 46.3 Å². The van der Waals surface area contributed by atoms with E-state index in [2.05, 4.69) is 35.1 Å². The zero-order chi connectivity index (χ0) is 19.2. The van der Waals surface area contributed by atoms with E-state index in [1.165, 1.54) is 4.88 Å². The highest BCUT2D eigenvalue weighted by Gasteiger charge is 2.23. The number of carbonyl (C=O) groups excluding carboxylic acids is 1. The van der Waals surface area contributed by atoms with Crippen LogP contribution in [-0.4, -0.2) is 47.8 Å². The van der Waals surface area contributed by atoms with Crippen LogP contribution in [0.5, 0.6) is 0 Å². The third-order valence-corrected chi connectivity index (χ3v) is 5.45. The third-order valence-electron chi connectivity index (χ3n) is 4.59. The molecule has 6 nitrogen and oxygen atoms in total. The first-order chi connectivity index (χ1) is 13.0. The van der Waals surface area contributed by atoms with Crippen LogP contribution in [0.1, 0.15) is 31.2 Å². The summed E-state index contributed by atoms with van der Waals surface area (Å²) in [5, 5.41) is 5.03. The van der Waals surface area contributed by atoms with Crippen LogP contribution in [0.25, 0.3) is 0 Å². The number of rotatable bonds is 6. The van der Waals surface area contributed by atoms with Gasteiger partial charge in [0.15, 0.2) is 0 Å². The molecule has 0 spiro atoms. The van der Waals surface area contributed by atoms with Crippen LogP contribution in [-0.2, 0) is 17.8 Å². The molecule has 0 saturated carbocycles. The molecule has 3 heterocycles. The minimum atomic E-state index is -0.0502. The van der Waals surface area contributed by atoms with E-state index in [4.69, 9.17) is 4.74 Å². The minimum absolute atomic E-state index is 0.0502. The molecule has 0 bridgehead atoms. The van der Waals surface area contributed by atoms with E-state index in [1.807, 2.05) is 41.6 Å². The van der Waals surface area contributed by atoms with Gasteiger partial charge in [-0.2, -0.15) is 0 Å². The van der Waals surface area contributed by atoms with Crippen LogP contribution >= 0.6 is 11.3 Å². The number of anilines is 1. The third kappa shape index (κ3) is 5.43. The number of urea groups is 1. The minimum Gasteiger partial charge on any atom is -0.372 e. The zero-order valence-electron chi connectivity index (χ0n) is 16.2. The number of hydrogen-bond donors (Lipinski definition) is 1. The summed E-state index contributed by atoms with van der Waals surface area (Å²) in [6.07, 6.45) is 2.26. The summed E-state index contributed by atoms with van der Waals surface area (Å²) in [6, 6.07) is 8.06. The highest BCUT2D eigenvalue weighted by atomic mass is 32.1. The lowest BCUT2D eigenvalue weighted by Crippen LogP contribution is -2.45. The average molecular weight is 389 g/mol. The van der Waals surface area contributed by atoms with Gasteiger partial charge in [0.25, 0.3) is 0 Å². The number of thiophene rings is 1. The molecule has 27 heavy (non-hydrogen) atoms. The monoisotopic (exact) mass is 388 g/mol. The molecule has 0 aliphatic carbocycles. The topological polar surface area (TPSA) is 57.7 Å². The maximum Gasteiger partial charge on any atom is 0.317 e. The Morgan fingerprint density at radius 3 is 2.70 bits per heavy atom. The zero-order valence-corrected chi connectivity index (χ0v) is 17.0. The van der Waals surface area contributed by atoms with E-state index in [0.29, 0.717) is 19.6 Å². The molecule has 2 unspecified atom stereocenters. The lowest BCUT2D eigenvalue weighted by molar-refractivity contribution is -0.00546. The number of ether oxygens (including phenoxy) is 1. The fraction of sp³-hybridized carbons (Fsp3) is 0.500. The Hall–Kier alpha value is -2.12. The van der Waals surface area contributed by atoms with Gasteiger partial charge < -0.3 is 19.9 Å². The van der Waals surface area contributed by atoms with E-state index in [0.717, 1.165) is 24.5 Å². The molecule has 1 aliphatic rings. The Morgan fingerprint density at radius 2 is 2.11 bits per heavy atom. The summed E-state index contributed by atoms with van der Waals surface area (Å²) in [6.45, 7) is 9.66. The van der Waals surface area contributed by atoms with Crippen molar-refractivity contribution < 1.29 is 9.53 Å². The molecule has 146 valence electrons. The molecule has 2 aromatic heterocycles. The van der Waals surface area contributed by atoms with Crippen LogP contribution in [0.3, 0.4) is 0 Å². The van der Waals surface area contributed by atoms with Gasteiger partial charge in [0.1, 0.15) is 5.82 Å². The molecule has 0 radical (unpaired) electrons. The summed E-state index contributed by atoms with van der Waals surface area (Å²) in [5.74, 6) is 0.958. The number of nitrogens with one attached hydrogen (secondary N) is 1. The summed E-state index contributed by atoms with van der Waals surface area (Å²) in [5.41, 5.74) is 0.994. The molecule has 7 heteroatoms. The number of carbonyl (C=O) groups is 1. The van der Waals surface area contributed by atoms with Gasteiger partial charge in [-0.25, -0.2) is 9.78 Å². The summed E-state index contributed by atoms with van der Waals surface area (Å²) in [7, 11) is 0. The standard InChI is InChI=1S/C20H28N4O2S/c1-4-23(14-18-6-5-9-27-18)20(25)22-11-17-7-8-19(21-10-17)24-12-15(2)26-16(3)13-24/h5-10,15-16H,4,11-14H2,1-3H3,(H,22,25). The van der Waals surface area contributed by atoms with Crippen LogP contribution in [0.15, 0.2) is 35.8 Å². The van der Waals surface area contributed by atoms with Gasteiger partial charge in [-0.1, -0.05) is 12.1 Å². The number of morpholine rings is 1. The van der Waals surface area contributed by atoms with E-state index >= 15 is 0 Å². The lowest BCUT2D eigenvalue weighted by atomic mass is 10.2. The van der Waals surface area contributed by atoms with Gasteiger partial charge in [0, 0.05) is 37.3 Å². The van der Waals surface area contributed by atoms with E-state index in [1.54, 1.807) is 11.3 Å². The average Bonchev–Trinajstić information content (AvgIpc) is 3.17. The Bertz CT molecular complexity index is 710. The molecule has 2 atom stereocenters. The fourth-order valence-electron chi connectivity index (χ4n) is 3.28. The van der Waals surface area contributed by atoms with Crippen LogP contribution in [0.4, 0.5) is 10.6 Å². The molecule has 1 saturated heterocycles. The second-order valence-electron chi connectivity index (χ2n) is 6.94. The molecule has 1 N–H and O–H groups in total. The summed E-state index contributed by atoms with van der Waals surface area (Å²) < 4.78 is 5.78.